The van der Waals surface area contributed by atoms with E-state index in [9.17, 15) is 4.79 Å². The first-order chi connectivity index (χ1) is 4.81. The van der Waals surface area contributed by atoms with Crippen LogP contribution in [-0.4, -0.2) is 26.0 Å². The van der Waals surface area contributed by atoms with E-state index in [0.717, 1.165) is 0 Å². The smallest absolute Gasteiger partial charge is 0.409 e. The highest BCUT2D eigenvalue weighted by Gasteiger charge is 1.95. The summed E-state index contributed by atoms with van der Waals surface area (Å²) in [5.74, 6) is 0. The number of ether oxygens (including phenoxy) is 2. The van der Waals surface area contributed by atoms with Crippen LogP contribution >= 0.6 is 0 Å². The Balaban J connectivity index is 3.05. The molecule has 0 rings (SSSR count). The van der Waals surface area contributed by atoms with Gasteiger partial charge >= 0.3 is 6.09 Å². The van der Waals surface area contributed by atoms with Gasteiger partial charge in [-0.2, -0.15) is 0 Å². The lowest BCUT2D eigenvalue weighted by molar-refractivity contribution is -0.00940. The second-order valence-electron chi connectivity index (χ2n) is 1.57. The van der Waals surface area contributed by atoms with Gasteiger partial charge in [0.2, 0.25) is 0 Å². The number of amides is 1. The van der Waals surface area contributed by atoms with E-state index < -0.39 is 6.09 Å². The van der Waals surface area contributed by atoms with Crippen molar-refractivity contribution in [1.29, 1.82) is 0 Å². The lowest BCUT2D eigenvalue weighted by Gasteiger charge is -2.03. The van der Waals surface area contributed by atoms with Gasteiger partial charge in [-0.1, -0.05) is 0 Å². The predicted octanol–water partition coefficient (Wildman–Crippen LogP) is 0.727. The minimum Gasteiger partial charge on any atom is -0.422 e. The molecule has 0 fully saturated rings. The molecule has 0 unspecified atom stereocenters. The lowest BCUT2D eigenvalue weighted by atomic mass is 10.8. The summed E-state index contributed by atoms with van der Waals surface area (Å²) in [7, 11) is 0. The van der Waals surface area contributed by atoms with Crippen LogP contribution in [-0.2, 0) is 9.47 Å². The van der Waals surface area contributed by atoms with Crippen LogP contribution < -0.4 is 5.32 Å². The third-order valence-corrected chi connectivity index (χ3v) is 0.799. The third-order valence-electron chi connectivity index (χ3n) is 0.799. The Morgan fingerprint density at radius 1 is 1.50 bits per heavy atom. The summed E-state index contributed by atoms with van der Waals surface area (Å²) in [6.07, 6.45) is -0.434. The monoisotopic (exact) mass is 147 g/mol. The quantitative estimate of drug-likeness (QED) is 0.471. The Morgan fingerprint density at radius 2 is 2.20 bits per heavy atom. The van der Waals surface area contributed by atoms with Crippen molar-refractivity contribution in [1.82, 2.24) is 5.32 Å². The summed E-state index contributed by atoms with van der Waals surface area (Å²) in [5.41, 5.74) is 0. The second kappa shape index (κ2) is 6.35. The van der Waals surface area contributed by atoms with E-state index in [1.54, 1.807) is 0 Å². The molecule has 0 saturated heterocycles. The molecule has 0 radical (unpaired) electrons. The van der Waals surface area contributed by atoms with Crippen LogP contribution in [0.3, 0.4) is 0 Å². The summed E-state index contributed by atoms with van der Waals surface area (Å²) in [6.45, 7) is 4.82. The molecule has 0 aliphatic carbocycles. The highest BCUT2D eigenvalue weighted by atomic mass is 16.7. The number of carbonyl (C=O) groups excluding carboxylic acids is 1. The average Bonchev–Trinajstić information content (AvgIpc) is 1.89. The molecule has 0 aliphatic heterocycles. The normalized spacial score (nSPS) is 9.00. The molecule has 1 N–H and O–H groups in total. The molecule has 60 valence electrons. The zero-order valence-corrected chi connectivity index (χ0v) is 6.35. The number of nitrogens with one attached hydrogen (secondary N) is 1. The predicted molar refractivity (Wildman–Crippen MR) is 36.7 cm³/mol. The van der Waals surface area contributed by atoms with Crippen molar-refractivity contribution in [3.8, 4) is 0 Å². The Hall–Kier alpha value is -0.770. The zero-order chi connectivity index (χ0) is 7.82. The highest BCUT2D eigenvalue weighted by molar-refractivity contribution is 5.66. The minimum atomic E-state index is -0.434. The van der Waals surface area contributed by atoms with Gasteiger partial charge in [0, 0.05) is 13.2 Å². The molecule has 0 spiro atoms. The van der Waals surface area contributed by atoms with Crippen LogP contribution in [0, 0.1) is 0 Å². The summed E-state index contributed by atoms with van der Waals surface area (Å²) >= 11 is 0. The average molecular weight is 147 g/mol. The molecule has 0 saturated carbocycles. The van der Waals surface area contributed by atoms with Gasteiger partial charge in [-0.05, 0) is 13.8 Å². The fourth-order valence-corrected chi connectivity index (χ4v) is 0.374. The number of hydrogen-bond acceptors (Lipinski definition) is 3. The number of carbonyl (C=O) groups is 1. The summed E-state index contributed by atoms with van der Waals surface area (Å²) in [6, 6.07) is 0. The van der Waals surface area contributed by atoms with Gasteiger partial charge in [0.05, 0.1) is 0 Å². The van der Waals surface area contributed by atoms with Crippen LogP contribution in [0.4, 0.5) is 4.79 Å². The van der Waals surface area contributed by atoms with E-state index in [1.807, 2.05) is 13.8 Å². The van der Waals surface area contributed by atoms with Crippen LogP contribution in [0.25, 0.3) is 0 Å². The molecule has 0 heterocycles. The summed E-state index contributed by atoms with van der Waals surface area (Å²) in [5, 5.41) is 2.46. The molecule has 4 heteroatoms. The fraction of sp³-hybridized carbons (Fsp3) is 0.833. The largest absolute Gasteiger partial charge is 0.422 e. The maximum atomic E-state index is 10.5. The van der Waals surface area contributed by atoms with Crippen molar-refractivity contribution >= 4 is 6.09 Å². The van der Waals surface area contributed by atoms with Crippen LogP contribution in [0.5, 0.6) is 0 Å². The van der Waals surface area contributed by atoms with Gasteiger partial charge in [-0.25, -0.2) is 4.79 Å². The maximum absolute atomic E-state index is 10.5. The first-order valence-electron chi connectivity index (χ1n) is 3.29. The maximum Gasteiger partial charge on any atom is 0.409 e. The standard InChI is InChI=1S/C6H13NO3/c1-3-7-6(8)10-5-9-4-2/h3-5H2,1-2H3,(H,7,8). The molecule has 0 aromatic rings. The SMILES string of the molecule is CCNC(=O)OCOCC. The van der Waals surface area contributed by atoms with Gasteiger partial charge in [-0.3, -0.25) is 0 Å². The van der Waals surface area contributed by atoms with Gasteiger partial charge in [0.1, 0.15) is 0 Å². The molecular formula is C6H13NO3. The Kier molecular flexibility index (Phi) is 5.86. The van der Waals surface area contributed by atoms with Gasteiger partial charge < -0.3 is 14.8 Å². The van der Waals surface area contributed by atoms with Gasteiger partial charge in [-0.15, -0.1) is 0 Å². The van der Waals surface area contributed by atoms with E-state index in [1.165, 1.54) is 0 Å². The molecule has 0 aliphatic rings. The lowest BCUT2D eigenvalue weighted by Crippen LogP contribution is -2.24. The van der Waals surface area contributed by atoms with E-state index in [4.69, 9.17) is 4.74 Å². The topological polar surface area (TPSA) is 47.6 Å². The third kappa shape index (κ3) is 5.37. The van der Waals surface area contributed by atoms with Gasteiger partial charge in [0.15, 0.2) is 6.79 Å². The molecule has 0 aromatic carbocycles. The van der Waals surface area contributed by atoms with Crippen molar-refractivity contribution in [3.63, 3.8) is 0 Å². The Morgan fingerprint density at radius 3 is 2.70 bits per heavy atom. The van der Waals surface area contributed by atoms with E-state index in [0.29, 0.717) is 13.2 Å². The van der Waals surface area contributed by atoms with Crippen molar-refractivity contribution in [3.05, 3.63) is 0 Å². The van der Waals surface area contributed by atoms with Crippen molar-refractivity contribution in [2.45, 2.75) is 13.8 Å². The Labute approximate surface area is 60.5 Å². The number of rotatable bonds is 4. The summed E-state index contributed by atoms with van der Waals surface area (Å²) in [4.78, 5) is 10.5. The molecule has 0 aromatic heterocycles. The molecule has 10 heavy (non-hydrogen) atoms. The number of hydrogen-bond donors (Lipinski definition) is 1. The summed E-state index contributed by atoms with van der Waals surface area (Å²) < 4.78 is 9.32. The Bertz CT molecular complexity index is 95.0. The van der Waals surface area contributed by atoms with Crippen molar-refractivity contribution in [2.24, 2.45) is 0 Å². The van der Waals surface area contributed by atoms with Crippen molar-refractivity contribution < 1.29 is 14.3 Å². The minimum absolute atomic E-state index is 0.0301. The molecule has 4 nitrogen and oxygen atoms in total. The fourth-order valence-electron chi connectivity index (χ4n) is 0.374. The number of alkyl carbamates (subject to hydrolysis) is 1. The molecule has 0 atom stereocenters. The van der Waals surface area contributed by atoms with Crippen molar-refractivity contribution in [2.75, 3.05) is 19.9 Å². The first-order valence-corrected chi connectivity index (χ1v) is 3.29. The van der Waals surface area contributed by atoms with Gasteiger partial charge in [0.25, 0.3) is 0 Å². The van der Waals surface area contributed by atoms with E-state index in [-0.39, 0.29) is 6.79 Å². The highest BCUT2D eigenvalue weighted by Crippen LogP contribution is 1.78. The van der Waals surface area contributed by atoms with Crippen LogP contribution in [0.1, 0.15) is 13.8 Å². The van der Waals surface area contributed by atoms with E-state index >= 15 is 0 Å². The van der Waals surface area contributed by atoms with Crippen LogP contribution in [0.15, 0.2) is 0 Å². The van der Waals surface area contributed by atoms with E-state index in [2.05, 4.69) is 10.1 Å². The molecule has 0 bridgehead atoms. The zero-order valence-electron chi connectivity index (χ0n) is 6.35. The second-order valence-corrected chi connectivity index (χ2v) is 1.57. The molecular weight excluding hydrogens is 134 g/mol. The molecule has 1 amide bonds. The van der Waals surface area contributed by atoms with Crippen LogP contribution in [0.2, 0.25) is 0 Å². The first kappa shape index (κ1) is 9.23.